The van der Waals surface area contributed by atoms with E-state index in [1.807, 2.05) is 66.9 Å². The van der Waals surface area contributed by atoms with E-state index in [9.17, 15) is 9.59 Å². The second-order valence-corrected chi connectivity index (χ2v) is 7.40. The van der Waals surface area contributed by atoms with Crippen LogP contribution in [-0.4, -0.2) is 32.3 Å². The molecule has 29 heavy (non-hydrogen) atoms. The Hall–Kier alpha value is -3.13. The monoisotopic (exact) mass is 409 g/mol. The molecule has 1 heterocycles. The normalized spacial score (nSPS) is 10.6. The smallest absolute Gasteiger partial charge is 0.234 e. The van der Waals surface area contributed by atoms with Crippen molar-refractivity contribution >= 4 is 35.0 Å². The summed E-state index contributed by atoms with van der Waals surface area (Å²) in [4.78, 5) is 23.5. The summed E-state index contributed by atoms with van der Waals surface area (Å²) < 4.78 is 1.97. The van der Waals surface area contributed by atoms with Crippen LogP contribution in [0.4, 0.5) is 11.4 Å². The van der Waals surface area contributed by atoms with Gasteiger partial charge in [0.1, 0.15) is 0 Å². The third-order valence-electron chi connectivity index (χ3n) is 4.25. The fraction of sp³-hybridized carbons (Fsp3) is 0.238. The highest BCUT2D eigenvalue weighted by Gasteiger charge is 2.15. The van der Waals surface area contributed by atoms with Gasteiger partial charge in [-0.1, -0.05) is 30.0 Å². The molecule has 3 aromatic rings. The minimum atomic E-state index is -0.114. The number of rotatable bonds is 7. The van der Waals surface area contributed by atoms with Crippen LogP contribution in [0.3, 0.4) is 0 Å². The van der Waals surface area contributed by atoms with Crippen LogP contribution in [0.1, 0.15) is 19.4 Å². The van der Waals surface area contributed by atoms with Crippen LogP contribution >= 0.6 is 11.8 Å². The molecule has 0 aliphatic carbocycles. The Kier molecular flexibility index (Phi) is 6.66. The van der Waals surface area contributed by atoms with Crippen molar-refractivity contribution in [1.82, 2.24) is 14.8 Å². The van der Waals surface area contributed by atoms with Crippen LogP contribution in [0.5, 0.6) is 0 Å². The Morgan fingerprint density at radius 1 is 1.03 bits per heavy atom. The number of anilines is 2. The summed E-state index contributed by atoms with van der Waals surface area (Å²) in [5.74, 6) is 0.769. The lowest BCUT2D eigenvalue weighted by atomic mass is 10.2. The maximum Gasteiger partial charge on any atom is 0.234 e. The second kappa shape index (κ2) is 9.38. The highest BCUT2D eigenvalue weighted by Crippen LogP contribution is 2.25. The summed E-state index contributed by atoms with van der Waals surface area (Å²) >= 11 is 1.35. The average Bonchev–Trinajstić information content (AvgIpc) is 3.11. The second-order valence-electron chi connectivity index (χ2n) is 6.46. The fourth-order valence-corrected chi connectivity index (χ4v) is 3.63. The summed E-state index contributed by atoms with van der Waals surface area (Å²) in [5.41, 5.74) is 3.46. The lowest BCUT2D eigenvalue weighted by molar-refractivity contribution is -0.114. The van der Waals surface area contributed by atoms with Crippen LogP contribution in [0.2, 0.25) is 0 Å². The van der Waals surface area contributed by atoms with Gasteiger partial charge in [-0.15, -0.1) is 10.2 Å². The molecular weight excluding hydrogens is 386 g/mol. The third-order valence-corrected chi connectivity index (χ3v) is 5.21. The van der Waals surface area contributed by atoms with Gasteiger partial charge in [-0.05, 0) is 49.7 Å². The van der Waals surface area contributed by atoms with Crippen molar-refractivity contribution in [2.45, 2.75) is 32.5 Å². The number of aryl methyl sites for hydroxylation is 1. The van der Waals surface area contributed by atoms with E-state index in [-0.39, 0.29) is 17.6 Å². The molecule has 2 N–H and O–H groups in total. The largest absolute Gasteiger partial charge is 0.326 e. The molecule has 0 saturated carbocycles. The first-order chi connectivity index (χ1) is 14.0. The van der Waals surface area contributed by atoms with E-state index < -0.39 is 0 Å². The molecule has 0 radical (unpaired) electrons. The van der Waals surface area contributed by atoms with Crippen molar-refractivity contribution in [2.75, 3.05) is 16.4 Å². The molecule has 8 heteroatoms. The minimum absolute atomic E-state index is 0.0869. The predicted octanol–water partition coefficient (Wildman–Crippen LogP) is 3.96. The molecule has 0 unspecified atom stereocenters. The number of nitrogens with zero attached hydrogens (tertiary/aromatic N) is 3. The molecule has 0 aliphatic heterocycles. The number of nitrogens with one attached hydrogen (secondary N) is 2. The fourth-order valence-electron chi connectivity index (χ4n) is 2.83. The highest BCUT2D eigenvalue weighted by atomic mass is 32.2. The van der Waals surface area contributed by atoms with Crippen molar-refractivity contribution in [2.24, 2.45) is 0 Å². The Bertz CT molecular complexity index is 1010. The lowest BCUT2D eigenvalue weighted by Gasteiger charge is -2.09. The van der Waals surface area contributed by atoms with Crippen molar-refractivity contribution in [1.29, 1.82) is 0 Å². The zero-order chi connectivity index (χ0) is 20.8. The number of amides is 2. The van der Waals surface area contributed by atoms with Gasteiger partial charge in [0.05, 0.1) is 5.75 Å². The molecule has 0 aliphatic rings. The maximum atomic E-state index is 12.3. The Morgan fingerprint density at radius 3 is 2.41 bits per heavy atom. The molecule has 0 atom stereocenters. The lowest BCUT2D eigenvalue weighted by Crippen LogP contribution is -2.15. The van der Waals surface area contributed by atoms with E-state index in [2.05, 4.69) is 20.8 Å². The molecule has 0 bridgehead atoms. The number of para-hydroxylation sites is 1. The van der Waals surface area contributed by atoms with Crippen molar-refractivity contribution in [3.63, 3.8) is 0 Å². The minimum Gasteiger partial charge on any atom is -0.326 e. The van der Waals surface area contributed by atoms with Gasteiger partial charge in [-0.3, -0.25) is 9.59 Å². The Morgan fingerprint density at radius 2 is 1.76 bits per heavy atom. The van der Waals surface area contributed by atoms with E-state index in [0.717, 1.165) is 28.3 Å². The van der Waals surface area contributed by atoms with Crippen LogP contribution < -0.4 is 10.6 Å². The van der Waals surface area contributed by atoms with E-state index in [0.29, 0.717) is 11.7 Å². The number of thioether (sulfide) groups is 1. The van der Waals surface area contributed by atoms with Gasteiger partial charge in [0, 0.05) is 30.4 Å². The van der Waals surface area contributed by atoms with Gasteiger partial charge in [0.25, 0.3) is 0 Å². The molecule has 150 valence electrons. The molecule has 2 amide bonds. The number of aromatic nitrogens is 3. The zero-order valence-corrected chi connectivity index (χ0v) is 17.4. The number of carbonyl (C=O) groups excluding carboxylic acids is 2. The summed E-state index contributed by atoms with van der Waals surface area (Å²) in [6.07, 6.45) is 0. The van der Waals surface area contributed by atoms with Crippen molar-refractivity contribution < 1.29 is 9.59 Å². The maximum absolute atomic E-state index is 12.3. The van der Waals surface area contributed by atoms with Gasteiger partial charge < -0.3 is 15.2 Å². The third kappa shape index (κ3) is 5.23. The van der Waals surface area contributed by atoms with E-state index in [1.165, 1.54) is 18.7 Å². The molecule has 0 saturated heterocycles. The van der Waals surface area contributed by atoms with Crippen LogP contribution in [-0.2, 0) is 16.1 Å². The quantitative estimate of drug-likeness (QED) is 0.577. The van der Waals surface area contributed by atoms with Gasteiger partial charge in [-0.25, -0.2) is 0 Å². The highest BCUT2D eigenvalue weighted by molar-refractivity contribution is 7.99. The standard InChI is InChI=1S/C21H23N5O2S/c1-4-26-20(16-9-11-17(12-10-16)22-15(3)27)24-25-21(26)29-13-19(28)23-18-8-6-5-7-14(18)2/h5-12H,4,13H2,1-3H3,(H,22,27)(H,23,28). The van der Waals surface area contributed by atoms with Gasteiger partial charge in [-0.2, -0.15) is 0 Å². The number of hydrogen-bond acceptors (Lipinski definition) is 5. The van der Waals surface area contributed by atoms with E-state index in [1.54, 1.807) is 0 Å². The Labute approximate surface area is 173 Å². The first-order valence-electron chi connectivity index (χ1n) is 9.27. The number of carbonyl (C=O) groups is 2. The average molecular weight is 410 g/mol. The SMILES string of the molecule is CCn1c(SCC(=O)Nc2ccccc2C)nnc1-c1ccc(NC(C)=O)cc1. The molecule has 0 spiro atoms. The Balaban J connectivity index is 1.68. The van der Waals surface area contributed by atoms with Crippen LogP contribution in [0.25, 0.3) is 11.4 Å². The topological polar surface area (TPSA) is 88.9 Å². The molecule has 3 rings (SSSR count). The zero-order valence-electron chi connectivity index (χ0n) is 16.6. The van der Waals surface area contributed by atoms with E-state index >= 15 is 0 Å². The molecule has 7 nitrogen and oxygen atoms in total. The van der Waals surface area contributed by atoms with Gasteiger partial charge in [0.2, 0.25) is 11.8 Å². The first-order valence-corrected chi connectivity index (χ1v) is 10.3. The summed E-state index contributed by atoms with van der Waals surface area (Å²) in [6.45, 7) is 6.12. The van der Waals surface area contributed by atoms with Gasteiger partial charge in [0.15, 0.2) is 11.0 Å². The molecule has 1 aromatic heterocycles. The van der Waals surface area contributed by atoms with Gasteiger partial charge >= 0.3 is 0 Å². The first kappa shape index (κ1) is 20.6. The predicted molar refractivity (Wildman–Crippen MR) is 116 cm³/mol. The summed E-state index contributed by atoms with van der Waals surface area (Å²) in [5, 5.41) is 14.9. The van der Waals surface area contributed by atoms with Crippen molar-refractivity contribution in [3.05, 3.63) is 54.1 Å². The molecular formula is C21H23N5O2S. The summed E-state index contributed by atoms with van der Waals surface area (Å²) in [7, 11) is 0. The van der Waals surface area contributed by atoms with E-state index in [4.69, 9.17) is 0 Å². The number of benzene rings is 2. The number of hydrogen-bond donors (Lipinski definition) is 2. The molecule has 0 fully saturated rings. The van der Waals surface area contributed by atoms with Crippen molar-refractivity contribution in [3.8, 4) is 11.4 Å². The van der Waals surface area contributed by atoms with Crippen LogP contribution in [0.15, 0.2) is 53.7 Å². The van der Waals surface area contributed by atoms with Crippen LogP contribution in [0, 0.1) is 6.92 Å². The molecule has 2 aromatic carbocycles. The summed E-state index contributed by atoms with van der Waals surface area (Å²) in [6, 6.07) is 15.1.